The van der Waals surface area contributed by atoms with Crippen LogP contribution in [0.2, 0.25) is 0 Å². The second-order valence-corrected chi connectivity index (χ2v) is 7.85. The summed E-state index contributed by atoms with van der Waals surface area (Å²) in [6, 6.07) is 3.82. The Labute approximate surface area is 181 Å². The van der Waals surface area contributed by atoms with Gasteiger partial charge in [-0.2, -0.15) is 0 Å². The van der Waals surface area contributed by atoms with Crippen molar-refractivity contribution in [3.63, 3.8) is 0 Å². The fourth-order valence-corrected chi connectivity index (χ4v) is 2.59. The Morgan fingerprint density at radius 2 is 2.03 bits per heavy atom. The van der Waals surface area contributed by atoms with E-state index >= 15 is 0 Å². The van der Waals surface area contributed by atoms with Gasteiger partial charge in [0.2, 0.25) is 0 Å². The Kier molecular flexibility index (Phi) is 12.5. The third-order valence-corrected chi connectivity index (χ3v) is 3.91. The van der Waals surface area contributed by atoms with Gasteiger partial charge in [0, 0.05) is 51.8 Å². The number of rotatable bonds is 12. The molecule has 1 aromatic heterocycles. The van der Waals surface area contributed by atoms with Gasteiger partial charge in [-0.3, -0.25) is 9.98 Å². The predicted octanol–water partition coefficient (Wildman–Crippen LogP) is 3.19. The summed E-state index contributed by atoms with van der Waals surface area (Å²) in [5, 5.41) is 6.55. The number of nitrogens with zero attached hydrogens (tertiary/aromatic N) is 3. The van der Waals surface area contributed by atoms with Crippen LogP contribution in [0.25, 0.3) is 0 Å². The van der Waals surface area contributed by atoms with E-state index in [9.17, 15) is 4.79 Å². The van der Waals surface area contributed by atoms with Crippen molar-refractivity contribution in [3.8, 4) is 0 Å². The molecule has 0 saturated carbocycles. The number of nitrogens with one attached hydrogen (secondary N) is 2. The average molecular weight is 422 g/mol. The van der Waals surface area contributed by atoms with Crippen LogP contribution in [-0.4, -0.2) is 66.9 Å². The molecule has 0 aliphatic heterocycles. The molecule has 30 heavy (non-hydrogen) atoms. The van der Waals surface area contributed by atoms with E-state index in [4.69, 9.17) is 9.47 Å². The third-order valence-electron chi connectivity index (χ3n) is 3.91. The molecule has 8 nitrogen and oxygen atoms in total. The first kappa shape index (κ1) is 25.7. The van der Waals surface area contributed by atoms with E-state index in [1.807, 2.05) is 46.8 Å². The smallest absolute Gasteiger partial charge is 0.410 e. The maximum absolute atomic E-state index is 12.6. The van der Waals surface area contributed by atoms with Gasteiger partial charge in [-0.05, 0) is 59.1 Å². The number of hydrogen-bond acceptors (Lipinski definition) is 5. The minimum Gasteiger partial charge on any atom is -0.444 e. The topological polar surface area (TPSA) is 88.1 Å². The molecule has 0 aromatic carbocycles. The lowest BCUT2D eigenvalue weighted by Gasteiger charge is -2.27. The highest BCUT2D eigenvalue weighted by atomic mass is 16.6. The highest BCUT2D eigenvalue weighted by Crippen LogP contribution is 2.13. The van der Waals surface area contributed by atoms with Crippen molar-refractivity contribution in [1.82, 2.24) is 20.5 Å². The Bertz CT molecular complexity index is 617. The fraction of sp³-hybridized carbons (Fsp3) is 0.682. The molecule has 1 aromatic rings. The number of pyridine rings is 1. The molecule has 0 unspecified atom stereocenters. The Morgan fingerprint density at radius 1 is 1.23 bits per heavy atom. The van der Waals surface area contributed by atoms with Gasteiger partial charge in [0.25, 0.3) is 0 Å². The second kappa shape index (κ2) is 14.6. The monoisotopic (exact) mass is 421 g/mol. The van der Waals surface area contributed by atoms with E-state index in [1.54, 1.807) is 17.3 Å². The maximum atomic E-state index is 12.6. The molecule has 0 radical (unpaired) electrons. The summed E-state index contributed by atoms with van der Waals surface area (Å²) < 4.78 is 10.9. The second-order valence-electron chi connectivity index (χ2n) is 7.85. The van der Waals surface area contributed by atoms with Crippen LogP contribution in [0, 0.1) is 0 Å². The number of aliphatic imine (C=N–C) groups is 1. The van der Waals surface area contributed by atoms with Crippen LogP contribution in [0.5, 0.6) is 0 Å². The number of carbonyl (C=O) groups is 1. The summed E-state index contributed by atoms with van der Waals surface area (Å²) in [5.41, 5.74) is 0.433. The first-order chi connectivity index (χ1) is 14.4. The summed E-state index contributed by atoms with van der Waals surface area (Å²) in [6.45, 7) is 14.3. The number of aromatic nitrogens is 1. The molecular formula is C22H39N5O3. The van der Waals surface area contributed by atoms with E-state index in [2.05, 4.69) is 20.6 Å². The quantitative estimate of drug-likeness (QED) is 0.306. The summed E-state index contributed by atoms with van der Waals surface area (Å²) in [6.07, 6.45) is 4.83. The normalized spacial score (nSPS) is 11.8. The van der Waals surface area contributed by atoms with Crippen LogP contribution < -0.4 is 10.6 Å². The number of carbonyl (C=O) groups excluding carboxylic acids is 1. The molecule has 2 N–H and O–H groups in total. The van der Waals surface area contributed by atoms with Gasteiger partial charge >= 0.3 is 6.09 Å². The van der Waals surface area contributed by atoms with Gasteiger partial charge in [-0.1, -0.05) is 6.07 Å². The van der Waals surface area contributed by atoms with Crippen molar-refractivity contribution < 1.29 is 14.3 Å². The lowest BCUT2D eigenvalue weighted by atomic mass is 10.2. The number of amides is 1. The lowest BCUT2D eigenvalue weighted by molar-refractivity contribution is 0.0232. The molecule has 0 saturated heterocycles. The van der Waals surface area contributed by atoms with Crippen molar-refractivity contribution in [2.75, 3.05) is 39.4 Å². The Morgan fingerprint density at radius 3 is 2.67 bits per heavy atom. The van der Waals surface area contributed by atoms with E-state index in [-0.39, 0.29) is 6.09 Å². The van der Waals surface area contributed by atoms with Crippen molar-refractivity contribution in [2.45, 2.75) is 59.6 Å². The SMILES string of the molecule is CCNC(=NCCCN(Cc1cccnc1)C(=O)OC(C)(C)C)NCCCOCC. The minimum absolute atomic E-state index is 0.323. The van der Waals surface area contributed by atoms with Gasteiger partial charge in [-0.25, -0.2) is 4.79 Å². The molecule has 0 bridgehead atoms. The molecule has 8 heteroatoms. The van der Waals surface area contributed by atoms with Crippen LogP contribution in [0.3, 0.4) is 0 Å². The highest BCUT2D eigenvalue weighted by molar-refractivity contribution is 5.79. The Balaban J connectivity index is 2.58. The standard InChI is InChI=1S/C22H39N5O3/c1-6-24-20(26-14-10-16-29-7-2)25-13-9-15-27(21(28)30-22(3,4)5)18-19-11-8-12-23-17-19/h8,11-12,17H,6-7,9-10,13-16,18H2,1-5H3,(H2,24,25,26). The first-order valence-electron chi connectivity index (χ1n) is 10.8. The van der Waals surface area contributed by atoms with Crippen LogP contribution in [0.1, 0.15) is 53.0 Å². The average Bonchev–Trinajstić information content (AvgIpc) is 2.69. The van der Waals surface area contributed by atoms with Crippen molar-refractivity contribution in [2.24, 2.45) is 4.99 Å². The maximum Gasteiger partial charge on any atom is 0.410 e. The highest BCUT2D eigenvalue weighted by Gasteiger charge is 2.22. The molecule has 0 atom stereocenters. The van der Waals surface area contributed by atoms with Crippen molar-refractivity contribution in [1.29, 1.82) is 0 Å². The zero-order valence-corrected chi connectivity index (χ0v) is 19.2. The Hall–Kier alpha value is -2.35. The molecule has 0 aliphatic rings. The summed E-state index contributed by atoms with van der Waals surface area (Å²) in [7, 11) is 0. The van der Waals surface area contributed by atoms with Crippen LogP contribution in [0.4, 0.5) is 4.79 Å². The molecule has 0 fully saturated rings. The molecule has 1 heterocycles. The molecular weight excluding hydrogens is 382 g/mol. The predicted molar refractivity (Wildman–Crippen MR) is 121 cm³/mol. The third kappa shape index (κ3) is 12.3. The largest absolute Gasteiger partial charge is 0.444 e. The molecule has 0 aliphatic carbocycles. The molecule has 1 amide bonds. The number of ether oxygens (including phenoxy) is 2. The summed E-state index contributed by atoms with van der Waals surface area (Å²) >= 11 is 0. The minimum atomic E-state index is -0.536. The van der Waals surface area contributed by atoms with Crippen LogP contribution in [-0.2, 0) is 16.0 Å². The van der Waals surface area contributed by atoms with E-state index in [0.717, 1.165) is 50.7 Å². The molecule has 0 spiro atoms. The molecule has 1 rings (SSSR count). The number of guanidine groups is 1. The summed E-state index contributed by atoms with van der Waals surface area (Å²) in [4.78, 5) is 23.1. The van der Waals surface area contributed by atoms with Gasteiger partial charge in [0.1, 0.15) is 5.60 Å². The zero-order chi connectivity index (χ0) is 22.2. The number of hydrogen-bond donors (Lipinski definition) is 2. The fourth-order valence-electron chi connectivity index (χ4n) is 2.59. The van der Waals surface area contributed by atoms with Gasteiger partial charge < -0.3 is 25.0 Å². The zero-order valence-electron chi connectivity index (χ0n) is 19.2. The van der Waals surface area contributed by atoms with Crippen molar-refractivity contribution in [3.05, 3.63) is 30.1 Å². The lowest BCUT2D eigenvalue weighted by Crippen LogP contribution is -2.39. The van der Waals surface area contributed by atoms with Crippen LogP contribution in [0.15, 0.2) is 29.5 Å². The van der Waals surface area contributed by atoms with Gasteiger partial charge in [0.15, 0.2) is 5.96 Å². The first-order valence-corrected chi connectivity index (χ1v) is 10.8. The van der Waals surface area contributed by atoms with Gasteiger partial charge in [0.05, 0.1) is 6.54 Å². The summed E-state index contributed by atoms with van der Waals surface area (Å²) in [5.74, 6) is 0.782. The van der Waals surface area contributed by atoms with E-state index in [1.165, 1.54) is 0 Å². The van der Waals surface area contributed by atoms with Crippen LogP contribution >= 0.6 is 0 Å². The van der Waals surface area contributed by atoms with Crippen molar-refractivity contribution >= 4 is 12.1 Å². The van der Waals surface area contributed by atoms with E-state index < -0.39 is 5.60 Å². The van der Waals surface area contributed by atoms with E-state index in [0.29, 0.717) is 19.6 Å². The molecule has 170 valence electrons. The van der Waals surface area contributed by atoms with Gasteiger partial charge in [-0.15, -0.1) is 0 Å².